The lowest BCUT2D eigenvalue weighted by molar-refractivity contribution is -0.130. The third-order valence-corrected chi connectivity index (χ3v) is 6.16. The molecule has 154 valence electrons. The van der Waals surface area contributed by atoms with Gasteiger partial charge in [-0.3, -0.25) is 4.79 Å². The maximum Gasteiger partial charge on any atom is 0.253 e. The van der Waals surface area contributed by atoms with Gasteiger partial charge in [0.25, 0.3) is 5.91 Å². The predicted octanol–water partition coefficient (Wildman–Crippen LogP) is 3.60. The molecule has 0 fully saturated rings. The smallest absolute Gasteiger partial charge is 0.253 e. The van der Waals surface area contributed by atoms with Gasteiger partial charge in [-0.25, -0.2) is 5.01 Å². The van der Waals surface area contributed by atoms with E-state index in [1.54, 1.807) is 12.1 Å². The van der Waals surface area contributed by atoms with Crippen molar-refractivity contribution >= 4 is 23.4 Å². The third-order valence-electron chi connectivity index (χ3n) is 5.15. The molecule has 0 saturated heterocycles. The Labute approximate surface area is 179 Å². The number of hydrogen-bond acceptors (Lipinski definition) is 6. The number of thioether (sulfide) groups is 1. The maximum atomic E-state index is 13.1. The van der Waals surface area contributed by atoms with Gasteiger partial charge in [0, 0.05) is 13.5 Å². The SMILES string of the molecule is COc1ccc(C2CC(c3ccccc3)=NN2C(=O)CSc2nnc(C)n2C)cc1. The number of methoxy groups -OCH3 is 1. The Kier molecular flexibility index (Phi) is 5.85. The maximum absolute atomic E-state index is 13.1. The van der Waals surface area contributed by atoms with Crippen molar-refractivity contribution in [3.05, 3.63) is 71.5 Å². The first-order valence-electron chi connectivity index (χ1n) is 9.64. The fourth-order valence-electron chi connectivity index (χ4n) is 3.34. The number of carbonyl (C=O) groups excluding carboxylic acids is 1. The molecule has 30 heavy (non-hydrogen) atoms. The molecular weight excluding hydrogens is 398 g/mol. The van der Waals surface area contributed by atoms with Gasteiger partial charge in [0.2, 0.25) is 0 Å². The van der Waals surface area contributed by atoms with Crippen LogP contribution in [0.2, 0.25) is 0 Å². The lowest BCUT2D eigenvalue weighted by atomic mass is 9.98. The van der Waals surface area contributed by atoms with Gasteiger partial charge >= 0.3 is 0 Å². The molecule has 1 aromatic heterocycles. The van der Waals surface area contributed by atoms with Crippen molar-refractivity contribution in [2.75, 3.05) is 12.9 Å². The number of aryl methyl sites for hydroxylation is 1. The predicted molar refractivity (Wildman–Crippen MR) is 117 cm³/mol. The number of benzene rings is 2. The van der Waals surface area contributed by atoms with Crippen LogP contribution in [0.3, 0.4) is 0 Å². The van der Waals surface area contributed by atoms with Crippen LogP contribution >= 0.6 is 11.8 Å². The fourth-order valence-corrected chi connectivity index (χ4v) is 4.15. The second-order valence-electron chi connectivity index (χ2n) is 7.02. The Morgan fingerprint density at radius 3 is 2.50 bits per heavy atom. The minimum atomic E-state index is -0.152. The molecule has 1 amide bonds. The van der Waals surface area contributed by atoms with Crippen LogP contribution in [-0.4, -0.2) is 44.3 Å². The van der Waals surface area contributed by atoms with Crippen LogP contribution in [0.25, 0.3) is 0 Å². The number of amides is 1. The molecule has 1 unspecified atom stereocenters. The summed E-state index contributed by atoms with van der Waals surface area (Å²) in [5.41, 5.74) is 2.96. The molecule has 4 rings (SSSR count). The van der Waals surface area contributed by atoms with Crippen LogP contribution in [0.1, 0.15) is 29.4 Å². The molecule has 1 aliphatic rings. The normalized spacial score (nSPS) is 15.9. The van der Waals surface area contributed by atoms with Gasteiger partial charge in [0.1, 0.15) is 11.6 Å². The Morgan fingerprint density at radius 2 is 1.87 bits per heavy atom. The van der Waals surface area contributed by atoms with E-state index in [0.717, 1.165) is 28.4 Å². The number of ether oxygens (including phenoxy) is 1. The number of hydrogen-bond donors (Lipinski definition) is 0. The van der Waals surface area contributed by atoms with E-state index in [-0.39, 0.29) is 17.7 Å². The number of rotatable bonds is 6. The number of hydrazone groups is 1. The van der Waals surface area contributed by atoms with Gasteiger partial charge < -0.3 is 9.30 Å². The topological polar surface area (TPSA) is 72.6 Å². The zero-order valence-electron chi connectivity index (χ0n) is 17.1. The van der Waals surface area contributed by atoms with Crippen molar-refractivity contribution in [1.82, 2.24) is 19.8 Å². The Morgan fingerprint density at radius 1 is 1.13 bits per heavy atom. The van der Waals surface area contributed by atoms with Crippen molar-refractivity contribution in [2.24, 2.45) is 12.1 Å². The van der Waals surface area contributed by atoms with Gasteiger partial charge in [-0.15, -0.1) is 10.2 Å². The van der Waals surface area contributed by atoms with Gasteiger partial charge in [0.05, 0.1) is 24.6 Å². The van der Waals surface area contributed by atoms with Gasteiger partial charge in [-0.05, 0) is 30.2 Å². The molecule has 0 N–H and O–H groups in total. The second-order valence-corrected chi connectivity index (χ2v) is 7.96. The molecule has 1 aliphatic heterocycles. The molecule has 0 aliphatic carbocycles. The minimum absolute atomic E-state index is 0.0626. The summed E-state index contributed by atoms with van der Waals surface area (Å²) in [6, 6.07) is 17.6. The highest BCUT2D eigenvalue weighted by atomic mass is 32.2. The summed E-state index contributed by atoms with van der Waals surface area (Å²) in [4.78, 5) is 13.1. The Balaban J connectivity index is 1.58. The van der Waals surface area contributed by atoms with E-state index < -0.39 is 0 Å². The van der Waals surface area contributed by atoms with E-state index in [9.17, 15) is 4.79 Å². The monoisotopic (exact) mass is 421 g/mol. The van der Waals surface area contributed by atoms with Crippen LogP contribution in [-0.2, 0) is 11.8 Å². The first kappa shape index (κ1) is 20.2. The quantitative estimate of drug-likeness (QED) is 0.569. The highest BCUT2D eigenvalue weighted by molar-refractivity contribution is 7.99. The average Bonchev–Trinajstić information content (AvgIpc) is 3.37. The summed E-state index contributed by atoms with van der Waals surface area (Å²) in [5.74, 6) is 1.77. The Hall–Kier alpha value is -3.13. The van der Waals surface area contributed by atoms with E-state index in [4.69, 9.17) is 9.84 Å². The van der Waals surface area contributed by atoms with Crippen molar-refractivity contribution in [1.29, 1.82) is 0 Å². The van der Waals surface area contributed by atoms with E-state index in [0.29, 0.717) is 11.6 Å². The molecule has 1 atom stereocenters. The standard InChI is InChI=1S/C22H23N5O2S/c1-15-23-24-22(26(15)2)30-14-21(28)27-20(17-9-11-18(29-3)12-10-17)13-19(25-27)16-7-5-4-6-8-16/h4-12,20H,13-14H2,1-3H3. The first-order chi connectivity index (χ1) is 14.6. The lowest BCUT2D eigenvalue weighted by Crippen LogP contribution is -2.28. The van der Waals surface area contributed by atoms with Gasteiger partial charge in [-0.2, -0.15) is 5.10 Å². The summed E-state index contributed by atoms with van der Waals surface area (Å²) >= 11 is 1.37. The van der Waals surface area contributed by atoms with Crippen LogP contribution in [0.15, 0.2) is 64.9 Å². The van der Waals surface area contributed by atoms with Crippen molar-refractivity contribution in [3.63, 3.8) is 0 Å². The largest absolute Gasteiger partial charge is 0.497 e. The molecule has 0 radical (unpaired) electrons. The summed E-state index contributed by atoms with van der Waals surface area (Å²) in [5, 5.41) is 15.2. The van der Waals surface area contributed by atoms with Crippen molar-refractivity contribution in [3.8, 4) is 5.75 Å². The van der Waals surface area contributed by atoms with Crippen LogP contribution in [0, 0.1) is 6.92 Å². The lowest BCUT2D eigenvalue weighted by Gasteiger charge is -2.22. The van der Waals surface area contributed by atoms with Crippen LogP contribution in [0.4, 0.5) is 0 Å². The van der Waals surface area contributed by atoms with E-state index in [1.165, 1.54) is 11.8 Å². The zero-order valence-corrected chi connectivity index (χ0v) is 18.0. The molecule has 2 heterocycles. The molecule has 3 aromatic rings. The Bertz CT molecular complexity index is 1060. The summed E-state index contributed by atoms with van der Waals surface area (Å²) in [7, 11) is 3.53. The first-order valence-corrected chi connectivity index (χ1v) is 10.6. The minimum Gasteiger partial charge on any atom is -0.497 e. The molecule has 8 heteroatoms. The van der Waals surface area contributed by atoms with Crippen molar-refractivity contribution in [2.45, 2.75) is 24.5 Å². The van der Waals surface area contributed by atoms with Crippen molar-refractivity contribution < 1.29 is 9.53 Å². The fraction of sp³-hybridized carbons (Fsp3) is 0.273. The number of aromatic nitrogens is 3. The molecule has 0 spiro atoms. The summed E-state index contributed by atoms with van der Waals surface area (Å²) in [6.07, 6.45) is 0.663. The highest BCUT2D eigenvalue weighted by Crippen LogP contribution is 2.34. The zero-order chi connectivity index (χ0) is 21.1. The number of nitrogens with zero attached hydrogens (tertiary/aromatic N) is 5. The molecule has 7 nitrogen and oxygen atoms in total. The van der Waals surface area contributed by atoms with E-state index in [2.05, 4.69) is 10.2 Å². The third kappa shape index (κ3) is 4.09. The number of carbonyl (C=O) groups is 1. The second kappa shape index (κ2) is 8.71. The van der Waals surface area contributed by atoms with Gasteiger partial charge in [-0.1, -0.05) is 54.2 Å². The van der Waals surface area contributed by atoms with Crippen LogP contribution in [0.5, 0.6) is 5.75 Å². The van der Waals surface area contributed by atoms with Gasteiger partial charge in [0.15, 0.2) is 5.16 Å². The summed E-state index contributed by atoms with van der Waals surface area (Å²) in [6.45, 7) is 1.88. The van der Waals surface area contributed by atoms with E-state index >= 15 is 0 Å². The molecule has 2 aromatic carbocycles. The highest BCUT2D eigenvalue weighted by Gasteiger charge is 2.33. The molecular formula is C22H23N5O2S. The average molecular weight is 422 g/mol. The molecule has 0 bridgehead atoms. The molecule has 0 saturated carbocycles. The van der Waals surface area contributed by atoms with Crippen LogP contribution < -0.4 is 4.74 Å². The summed E-state index contributed by atoms with van der Waals surface area (Å²) < 4.78 is 7.15. The van der Waals surface area contributed by atoms with E-state index in [1.807, 2.05) is 73.1 Å².